The highest BCUT2D eigenvalue weighted by atomic mass is 32.2. The molecule has 1 aromatic rings. The Morgan fingerprint density at radius 3 is 2.43 bits per heavy atom. The molecular weight excluding hydrogens is 200 g/mol. The number of rotatable bonds is 4. The highest BCUT2D eigenvalue weighted by molar-refractivity contribution is 7.87. The van der Waals surface area contributed by atoms with E-state index in [-0.39, 0.29) is 5.75 Å². The Bertz CT molecular complexity index is 406. The molecule has 0 saturated carbocycles. The topological polar surface area (TPSA) is 43.4 Å². The average molecular weight is 212 g/mol. The molecule has 0 aliphatic rings. The zero-order valence-electron chi connectivity index (χ0n) is 7.93. The molecule has 1 aromatic carbocycles. The summed E-state index contributed by atoms with van der Waals surface area (Å²) in [5.74, 6) is 0.177. The van der Waals surface area contributed by atoms with Crippen LogP contribution < -0.4 is 4.18 Å². The van der Waals surface area contributed by atoms with Crippen molar-refractivity contribution >= 4 is 10.1 Å². The third-order valence-electron chi connectivity index (χ3n) is 1.39. The van der Waals surface area contributed by atoms with Crippen LogP contribution in [0.3, 0.4) is 0 Å². The quantitative estimate of drug-likeness (QED) is 0.566. The molecule has 0 aromatic heterocycles. The SMILES string of the molecule is C=C(C)CS(=O)(=O)Oc1ccccc1. The third kappa shape index (κ3) is 3.62. The molecule has 76 valence electrons. The molecule has 0 unspecified atom stereocenters. The van der Waals surface area contributed by atoms with Crippen LogP contribution in [-0.2, 0) is 10.1 Å². The maximum absolute atomic E-state index is 11.3. The summed E-state index contributed by atoms with van der Waals surface area (Å²) in [5, 5.41) is 0. The van der Waals surface area contributed by atoms with Gasteiger partial charge in [-0.1, -0.05) is 30.4 Å². The molecule has 0 saturated heterocycles. The van der Waals surface area contributed by atoms with Crippen LogP contribution in [0.4, 0.5) is 0 Å². The molecule has 4 heteroatoms. The minimum absolute atomic E-state index is 0.151. The van der Waals surface area contributed by atoms with E-state index >= 15 is 0 Å². The second-order valence-corrected chi connectivity index (χ2v) is 4.63. The smallest absolute Gasteiger partial charge is 0.313 e. The van der Waals surface area contributed by atoms with Gasteiger partial charge in [0, 0.05) is 0 Å². The van der Waals surface area contributed by atoms with Crippen molar-refractivity contribution in [2.45, 2.75) is 6.92 Å². The summed E-state index contributed by atoms with van der Waals surface area (Å²) in [6.07, 6.45) is 0. The third-order valence-corrected chi connectivity index (χ3v) is 2.68. The summed E-state index contributed by atoms with van der Waals surface area (Å²) < 4.78 is 27.5. The second kappa shape index (κ2) is 4.28. The van der Waals surface area contributed by atoms with E-state index < -0.39 is 10.1 Å². The molecule has 0 bridgehead atoms. The van der Waals surface area contributed by atoms with Crippen LogP contribution in [0.2, 0.25) is 0 Å². The number of benzene rings is 1. The molecule has 0 atom stereocenters. The van der Waals surface area contributed by atoms with Gasteiger partial charge < -0.3 is 4.18 Å². The lowest BCUT2D eigenvalue weighted by atomic mass is 10.3. The molecule has 3 nitrogen and oxygen atoms in total. The molecule has 1 rings (SSSR count). The predicted octanol–water partition coefficient (Wildman–Crippen LogP) is 1.97. The van der Waals surface area contributed by atoms with Crippen molar-refractivity contribution in [2.24, 2.45) is 0 Å². The predicted molar refractivity (Wildman–Crippen MR) is 55.7 cm³/mol. The zero-order valence-corrected chi connectivity index (χ0v) is 8.75. The maximum Gasteiger partial charge on any atom is 0.313 e. The first-order valence-corrected chi connectivity index (χ1v) is 5.69. The fourth-order valence-corrected chi connectivity index (χ4v) is 2.02. The summed E-state index contributed by atoms with van der Waals surface area (Å²) in [6.45, 7) is 5.17. The van der Waals surface area contributed by atoms with Crippen LogP contribution in [0, 0.1) is 0 Å². The Labute approximate surface area is 84.1 Å². The molecule has 0 aliphatic carbocycles. The Kier molecular flexibility index (Phi) is 3.30. The Hall–Kier alpha value is -1.29. The van der Waals surface area contributed by atoms with Crippen molar-refractivity contribution < 1.29 is 12.6 Å². The minimum Gasteiger partial charge on any atom is -0.382 e. The molecular formula is C10H12O3S. The van der Waals surface area contributed by atoms with Gasteiger partial charge in [-0.15, -0.1) is 0 Å². The maximum atomic E-state index is 11.3. The lowest BCUT2D eigenvalue weighted by molar-refractivity contribution is 0.488. The van der Waals surface area contributed by atoms with E-state index in [0.29, 0.717) is 11.3 Å². The average Bonchev–Trinajstić information content (AvgIpc) is 2.02. The summed E-state index contributed by atoms with van der Waals surface area (Å²) in [5.41, 5.74) is 0.556. The highest BCUT2D eigenvalue weighted by Crippen LogP contribution is 2.12. The van der Waals surface area contributed by atoms with Gasteiger partial charge >= 0.3 is 10.1 Å². The molecule has 0 radical (unpaired) electrons. The van der Waals surface area contributed by atoms with Gasteiger partial charge in [-0.3, -0.25) is 0 Å². The summed E-state index contributed by atoms with van der Waals surface area (Å²) >= 11 is 0. The summed E-state index contributed by atoms with van der Waals surface area (Å²) in [6, 6.07) is 8.40. The van der Waals surface area contributed by atoms with Gasteiger partial charge in [-0.2, -0.15) is 8.42 Å². The molecule has 0 aliphatic heterocycles. The van der Waals surface area contributed by atoms with Crippen molar-refractivity contribution in [3.05, 3.63) is 42.5 Å². The van der Waals surface area contributed by atoms with Gasteiger partial charge in [0.2, 0.25) is 0 Å². The molecule has 0 N–H and O–H groups in total. The number of para-hydroxylation sites is 1. The monoisotopic (exact) mass is 212 g/mol. The molecule has 0 spiro atoms. The molecule has 0 heterocycles. The van der Waals surface area contributed by atoms with E-state index in [4.69, 9.17) is 4.18 Å². The van der Waals surface area contributed by atoms with Crippen LogP contribution >= 0.6 is 0 Å². The second-order valence-electron chi connectivity index (χ2n) is 3.06. The van der Waals surface area contributed by atoms with Gasteiger partial charge in [0.05, 0.1) is 0 Å². The first-order chi connectivity index (χ1) is 6.49. The standard InChI is InChI=1S/C10H12O3S/c1-9(2)8-14(11,12)13-10-6-4-3-5-7-10/h3-7H,1,8H2,2H3. The van der Waals surface area contributed by atoms with E-state index in [1.807, 2.05) is 0 Å². The van der Waals surface area contributed by atoms with Gasteiger partial charge in [0.15, 0.2) is 0 Å². The zero-order chi connectivity index (χ0) is 10.6. The van der Waals surface area contributed by atoms with Crippen molar-refractivity contribution in [1.29, 1.82) is 0 Å². The first kappa shape index (κ1) is 10.8. The molecule has 14 heavy (non-hydrogen) atoms. The molecule has 0 amide bonds. The van der Waals surface area contributed by atoms with Crippen LogP contribution in [0.1, 0.15) is 6.92 Å². The van der Waals surface area contributed by atoms with Gasteiger partial charge in [0.25, 0.3) is 0 Å². The van der Waals surface area contributed by atoms with E-state index in [0.717, 1.165) is 0 Å². The van der Waals surface area contributed by atoms with Gasteiger partial charge in [0.1, 0.15) is 11.5 Å². The van der Waals surface area contributed by atoms with E-state index in [1.165, 1.54) is 0 Å². The fraction of sp³-hybridized carbons (Fsp3) is 0.200. The Morgan fingerprint density at radius 2 is 1.93 bits per heavy atom. The van der Waals surface area contributed by atoms with Crippen molar-refractivity contribution in [3.8, 4) is 5.75 Å². The Balaban J connectivity index is 2.74. The number of hydrogen-bond acceptors (Lipinski definition) is 3. The van der Waals surface area contributed by atoms with Crippen LogP contribution in [0.5, 0.6) is 5.75 Å². The van der Waals surface area contributed by atoms with Gasteiger partial charge in [-0.05, 0) is 19.1 Å². The lowest BCUT2D eigenvalue weighted by Crippen LogP contribution is -2.14. The van der Waals surface area contributed by atoms with Gasteiger partial charge in [-0.25, -0.2) is 0 Å². The normalized spacial score (nSPS) is 10.9. The van der Waals surface area contributed by atoms with Crippen LogP contribution in [0.25, 0.3) is 0 Å². The lowest BCUT2D eigenvalue weighted by Gasteiger charge is -2.05. The van der Waals surface area contributed by atoms with Crippen molar-refractivity contribution in [3.63, 3.8) is 0 Å². The largest absolute Gasteiger partial charge is 0.382 e. The van der Waals surface area contributed by atoms with E-state index in [9.17, 15) is 8.42 Å². The number of hydrogen-bond donors (Lipinski definition) is 0. The van der Waals surface area contributed by atoms with Crippen LogP contribution in [0.15, 0.2) is 42.5 Å². The van der Waals surface area contributed by atoms with Crippen LogP contribution in [-0.4, -0.2) is 14.2 Å². The Morgan fingerprint density at radius 1 is 1.36 bits per heavy atom. The fourth-order valence-electron chi connectivity index (χ4n) is 0.954. The molecule has 0 fully saturated rings. The van der Waals surface area contributed by atoms with E-state index in [1.54, 1.807) is 37.3 Å². The van der Waals surface area contributed by atoms with Crippen molar-refractivity contribution in [1.82, 2.24) is 0 Å². The van der Waals surface area contributed by atoms with E-state index in [2.05, 4.69) is 6.58 Å². The summed E-state index contributed by atoms with van der Waals surface area (Å²) in [4.78, 5) is 0. The highest BCUT2D eigenvalue weighted by Gasteiger charge is 2.12. The minimum atomic E-state index is -3.53. The van der Waals surface area contributed by atoms with Crippen molar-refractivity contribution in [2.75, 3.05) is 5.75 Å². The first-order valence-electron chi connectivity index (χ1n) is 4.11. The summed E-state index contributed by atoms with van der Waals surface area (Å²) in [7, 11) is -3.53.